The van der Waals surface area contributed by atoms with Crippen LogP contribution < -0.4 is 5.32 Å². The molecule has 3 heteroatoms. The first kappa shape index (κ1) is 11.8. The molecule has 1 aromatic rings. The predicted molar refractivity (Wildman–Crippen MR) is 64.1 cm³/mol. The molecule has 0 bridgehead atoms. The normalized spacial score (nSPS) is 10.6. The molecule has 0 radical (unpaired) electrons. The highest BCUT2D eigenvalue weighted by molar-refractivity contribution is 5.95. The maximum atomic E-state index is 11.7. The van der Waals surface area contributed by atoms with Crippen LogP contribution in [-0.4, -0.2) is 11.0 Å². The summed E-state index contributed by atoms with van der Waals surface area (Å²) < 4.78 is 0. The minimum atomic E-state index is -0.302. The lowest BCUT2D eigenvalue weighted by atomic mass is 10.2. The summed E-state index contributed by atoms with van der Waals surface area (Å²) in [5.74, 6) is -0.246. The summed E-state index contributed by atoms with van der Waals surface area (Å²) in [7, 11) is 0. The molecule has 1 aromatic carbocycles. The van der Waals surface area contributed by atoms with E-state index in [4.69, 9.17) is 0 Å². The first-order valence-electron chi connectivity index (χ1n) is 4.73. The average molecular weight is 215 g/mol. The second kappa shape index (κ2) is 5.56. The van der Waals surface area contributed by atoms with E-state index in [1.165, 1.54) is 18.2 Å². The van der Waals surface area contributed by atoms with Crippen molar-refractivity contribution in [1.29, 1.82) is 0 Å². The third-order valence-corrected chi connectivity index (χ3v) is 1.88. The number of hydrogen-bond acceptors (Lipinski definition) is 2. The minimum Gasteiger partial charge on any atom is -0.508 e. The molecule has 0 saturated heterocycles. The summed E-state index contributed by atoms with van der Waals surface area (Å²) in [6, 6.07) is 6.12. The van der Waals surface area contributed by atoms with Crippen LogP contribution in [0.2, 0.25) is 0 Å². The number of phenolic OH excluding ortho intramolecular Hbond substituents is 1. The van der Waals surface area contributed by atoms with Gasteiger partial charge in [0.1, 0.15) is 5.75 Å². The topological polar surface area (TPSA) is 49.3 Å². The molecule has 0 aromatic heterocycles. The second-order valence-corrected chi connectivity index (χ2v) is 3.07. The van der Waals surface area contributed by atoms with Gasteiger partial charge in [0.15, 0.2) is 0 Å². The molecule has 1 amide bonds. The lowest BCUT2D eigenvalue weighted by Gasteiger charge is -2.05. The van der Waals surface area contributed by atoms with Gasteiger partial charge in [-0.05, 0) is 30.4 Å². The van der Waals surface area contributed by atoms with Crippen molar-refractivity contribution in [1.82, 2.24) is 5.32 Å². The highest BCUT2D eigenvalue weighted by Crippen LogP contribution is 2.11. The Morgan fingerprint density at radius 2 is 2.12 bits per heavy atom. The molecule has 0 unspecified atom stereocenters. The van der Waals surface area contributed by atoms with Crippen LogP contribution in [0.15, 0.2) is 61.3 Å². The maximum absolute atomic E-state index is 11.7. The van der Waals surface area contributed by atoms with Crippen LogP contribution in [0.1, 0.15) is 10.4 Å². The molecule has 0 saturated carbocycles. The average Bonchev–Trinajstić information content (AvgIpc) is 2.28. The second-order valence-electron chi connectivity index (χ2n) is 3.07. The molecule has 82 valence electrons. The van der Waals surface area contributed by atoms with Gasteiger partial charge < -0.3 is 10.4 Å². The number of carbonyl (C=O) groups excluding carboxylic acids is 1. The number of phenols is 1. The summed E-state index contributed by atoms with van der Waals surface area (Å²) in [6.45, 7) is 7.09. The van der Waals surface area contributed by atoms with E-state index in [0.717, 1.165) is 0 Å². The van der Waals surface area contributed by atoms with Gasteiger partial charge >= 0.3 is 0 Å². The molecule has 0 atom stereocenters. The zero-order valence-electron chi connectivity index (χ0n) is 8.81. The van der Waals surface area contributed by atoms with Gasteiger partial charge in [-0.2, -0.15) is 0 Å². The standard InChI is InChI=1S/C13H13NO2/c1-3-6-11(4-2)14-13(16)10-7-5-8-12(15)9-10/h3-9,15H,1-2H2,(H,14,16)/b11-6+. The smallest absolute Gasteiger partial charge is 0.255 e. The Hall–Kier alpha value is -2.29. The van der Waals surface area contributed by atoms with Crippen molar-refractivity contribution < 1.29 is 9.90 Å². The van der Waals surface area contributed by atoms with Crippen molar-refractivity contribution in [2.75, 3.05) is 0 Å². The van der Waals surface area contributed by atoms with E-state index in [1.54, 1.807) is 24.3 Å². The van der Waals surface area contributed by atoms with Crippen LogP contribution in [0.4, 0.5) is 0 Å². The molecule has 0 aliphatic carbocycles. The van der Waals surface area contributed by atoms with Crippen molar-refractivity contribution >= 4 is 5.91 Å². The Morgan fingerprint density at radius 1 is 1.38 bits per heavy atom. The van der Waals surface area contributed by atoms with Crippen molar-refractivity contribution in [3.8, 4) is 5.75 Å². The van der Waals surface area contributed by atoms with Crippen LogP contribution in [0.3, 0.4) is 0 Å². The molecule has 16 heavy (non-hydrogen) atoms. The summed E-state index contributed by atoms with van der Waals surface area (Å²) in [4.78, 5) is 11.7. The number of allylic oxidation sites excluding steroid dienone is 3. The number of amides is 1. The molecule has 1 rings (SSSR count). The number of rotatable bonds is 4. The van der Waals surface area contributed by atoms with E-state index in [2.05, 4.69) is 18.5 Å². The zero-order chi connectivity index (χ0) is 12.0. The van der Waals surface area contributed by atoms with E-state index in [1.807, 2.05) is 0 Å². The molecule has 2 N–H and O–H groups in total. The quantitative estimate of drug-likeness (QED) is 0.757. The fourth-order valence-corrected chi connectivity index (χ4v) is 1.14. The van der Waals surface area contributed by atoms with Gasteiger partial charge in [-0.3, -0.25) is 4.79 Å². The summed E-state index contributed by atoms with van der Waals surface area (Å²) in [5.41, 5.74) is 0.945. The number of hydrogen-bond donors (Lipinski definition) is 2. The Kier molecular flexibility index (Phi) is 4.09. The number of carbonyl (C=O) groups is 1. The molecule has 0 spiro atoms. The van der Waals surface area contributed by atoms with Crippen molar-refractivity contribution in [3.05, 3.63) is 66.9 Å². The van der Waals surface area contributed by atoms with Crippen molar-refractivity contribution in [2.24, 2.45) is 0 Å². The van der Waals surface area contributed by atoms with Gasteiger partial charge in [-0.25, -0.2) is 0 Å². The SMILES string of the molecule is C=C/C=C(\C=C)NC(=O)c1cccc(O)c1. The molecule has 0 fully saturated rings. The first-order valence-corrected chi connectivity index (χ1v) is 4.73. The molecule has 0 aliphatic rings. The fourth-order valence-electron chi connectivity index (χ4n) is 1.14. The van der Waals surface area contributed by atoms with E-state index < -0.39 is 0 Å². The Morgan fingerprint density at radius 3 is 2.69 bits per heavy atom. The molecule has 0 aliphatic heterocycles. The summed E-state index contributed by atoms with van der Waals surface area (Å²) in [6.07, 6.45) is 4.70. The van der Waals surface area contributed by atoms with Gasteiger partial charge in [0.05, 0.1) is 0 Å². The van der Waals surface area contributed by atoms with Crippen LogP contribution >= 0.6 is 0 Å². The van der Waals surface area contributed by atoms with Crippen LogP contribution in [0, 0.1) is 0 Å². The van der Waals surface area contributed by atoms with Crippen molar-refractivity contribution in [2.45, 2.75) is 0 Å². The first-order chi connectivity index (χ1) is 7.67. The van der Waals surface area contributed by atoms with Gasteiger partial charge in [0.25, 0.3) is 5.91 Å². The van der Waals surface area contributed by atoms with Gasteiger partial charge in [-0.15, -0.1) is 0 Å². The van der Waals surface area contributed by atoms with E-state index in [0.29, 0.717) is 11.3 Å². The lowest BCUT2D eigenvalue weighted by molar-refractivity contribution is 0.0967. The van der Waals surface area contributed by atoms with Gasteiger partial charge in [0.2, 0.25) is 0 Å². The Bertz CT molecular complexity index is 447. The van der Waals surface area contributed by atoms with E-state index in [-0.39, 0.29) is 11.7 Å². The van der Waals surface area contributed by atoms with Crippen LogP contribution in [0.5, 0.6) is 5.75 Å². The van der Waals surface area contributed by atoms with E-state index in [9.17, 15) is 9.90 Å². The fraction of sp³-hybridized carbons (Fsp3) is 0. The highest BCUT2D eigenvalue weighted by atomic mass is 16.3. The molecule has 0 heterocycles. The molecular formula is C13H13NO2. The monoisotopic (exact) mass is 215 g/mol. The zero-order valence-corrected chi connectivity index (χ0v) is 8.81. The summed E-state index contributed by atoms with van der Waals surface area (Å²) in [5, 5.41) is 11.9. The lowest BCUT2D eigenvalue weighted by Crippen LogP contribution is -2.21. The van der Waals surface area contributed by atoms with Crippen molar-refractivity contribution in [3.63, 3.8) is 0 Å². The maximum Gasteiger partial charge on any atom is 0.255 e. The van der Waals surface area contributed by atoms with E-state index >= 15 is 0 Å². The Balaban J connectivity index is 2.83. The predicted octanol–water partition coefficient (Wildman–Crippen LogP) is 2.38. The van der Waals surface area contributed by atoms with Crippen LogP contribution in [0.25, 0.3) is 0 Å². The third-order valence-electron chi connectivity index (χ3n) is 1.88. The number of aromatic hydroxyl groups is 1. The highest BCUT2D eigenvalue weighted by Gasteiger charge is 2.05. The minimum absolute atomic E-state index is 0.0560. The summed E-state index contributed by atoms with van der Waals surface area (Å²) >= 11 is 0. The number of nitrogens with one attached hydrogen (secondary N) is 1. The largest absolute Gasteiger partial charge is 0.508 e. The Labute approximate surface area is 94.4 Å². The third kappa shape index (κ3) is 3.13. The molecule has 3 nitrogen and oxygen atoms in total. The van der Waals surface area contributed by atoms with Crippen LogP contribution in [-0.2, 0) is 0 Å². The number of benzene rings is 1. The van der Waals surface area contributed by atoms with Gasteiger partial charge in [0, 0.05) is 11.3 Å². The molecular weight excluding hydrogens is 202 g/mol. The van der Waals surface area contributed by atoms with Gasteiger partial charge in [-0.1, -0.05) is 25.3 Å².